The molecular formula is C16H15FO2. The Labute approximate surface area is 112 Å². The van der Waals surface area contributed by atoms with E-state index in [2.05, 4.69) is 0 Å². The van der Waals surface area contributed by atoms with Crippen LogP contribution in [0.5, 0.6) is 11.5 Å². The fraction of sp³-hybridized carbons (Fsp3) is 0.125. The zero-order valence-electron chi connectivity index (χ0n) is 10.9. The Bertz CT molecular complexity index is 591. The van der Waals surface area contributed by atoms with Gasteiger partial charge in [-0.05, 0) is 35.9 Å². The molecule has 0 bridgehead atoms. The molecule has 2 aromatic carbocycles. The predicted octanol–water partition coefficient (Wildman–Crippen LogP) is 4.17. The highest BCUT2D eigenvalue weighted by Gasteiger charge is 2.03. The van der Waals surface area contributed by atoms with Gasteiger partial charge in [-0.1, -0.05) is 24.3 Å². The van der Waals surface area contributed by atoms with Gasteiger partial charge < -0.3 is 9.47 Å². The zero-order valence-corrected chi connectivity index (χ0v) is 10.9. The van der Waals surface area contributed by atoms with Crippen LogP contribution in [0.2, 0.25) is 0 Å². The van der Waals surface area contributed by atoms with Crippen LogP contribution < -0.4 is 9.47 Å². The minimum atomic E-state index is -0.313. The number of hydrogen-bond acceptors (Lipinski definition) is 2. The molecule has 0 fully saturated rings. The Morgan fingerprint density at radius 1 is 0.947 bits per heavy atom. The lowest BCUT2D eigenvalue weighted by Gasteiger charge is -2.03. The topological polar surface area (TPSA) is 18.5 Å². The van der Waals surface area contributed by atoms with Gasteiger partial charge >= 0.3 is 0 Å². The molecule has 0 heterocycles. The third kappa shape index (κ3) is 3.35. The van der Waals surface area contributed by atoms with Crippen LogP contribution in [-0.4, -0.2) is 14.2 Å². The van der Waals surface area contributed by atoms with Crippen molar-refractivity contribution in [1.82, 2.24) is 0 Å². The van der Waals surface area contributed by atoms with Gasteiger partial charge in [-0.25, -0.2) is 4.39 Å². The van der Waals surface area contributed by atoms with Gasteiger partial charge in [0.05, 0.1) is 14.2 Å². The molecular weight excluding hydrogens is 243 g/mol. The summed E-state index contributed by atoms with van der Waals surface area (Å²) in [4.78, 5) is 0. The molecule has 0 aliphatic rings. The van der Waals surface area contributed by atoms with Crippen molar-refractivity contribution in [3.05, 3.63) is 59.7 Å². The van der Waals surface area contributed by atoms with E-state index >= 15 is 0 Å². The van der Waals surface area contributed by atoms with Gasteiger partial charge in [0.1, 0.15) is 17.3 Å². The highest BCUT2D eigenvalue weighted by Crippen LogP contribution is 2.24. The summed E-state index contributed by atoms with van der Waals surface area (Å²) in [7, 11) is 3.14. The van der Waals surface area contributed by atoms with Crippen molar-refractivity contribution in [2.45, 2.75) is 0 Å². The van der Waals surface area contributed by atoms with E-state index in [4.69, 9.17) is 9.47 Å². The molecule has 0 N–H and O–H groups in total. The first kappa shape index (κ1) is 13.1. The Hall–Kier alpha value is -2.29. The van der Waals surface area contributed by atoms with E-state index in [-0.39, 0.29) is 5.83 Å². The van der Waals surface area contributed by atoms with Gasteiger partial charge in [0.25, 0.3) is 0 Å². The first-order chi connectivity index (χ1) is 9.22. The van der Waals surface area contributed by atoms with E-state index in [1.165, 1.54) is 6.08 Å². The minimum Gasteiger partial charge on any atom is -0.497 e. The highest BCUT2D eigenvalue weighted by molar-refractivity contribution is 5.77. The molecule has 0 radical (unpaired) electrons. The number of ether oxygens (including phenoxy) is 2. The highest BCUT2D eigenvalue weighted by atomic mass is 19.1. The van der Waals surface area contributed by atoms with Crippen molar-refractivity contribution in [3.63, 3.8) is 0 Å². The summed E-state index contributed by atoms with van der Waals surface area (Å²) in [6.45, 7) is 0. The number of halogens is 1. The number of methoxy groups -OCH3 is 2. The Balaban J connectivity index is 2.30. The number of benzene rings is 2. The summed E-state index contributed by atoms with van der Waals surface area (Å²) in [5.41, 5.74) is 1.24. The second kappa shape index (κ2) is 6.05. The average molecular weight is 258 g/mol. The van der Waals surface area contributed by atoms with Crippen LogP contribution in [0.25, 0.3) is 11.9 Å². The third-order valence-corrected chi connectivity index (χ3v) is 2.73. The Morgan fingerprint density at radius 2 is 1.58 bits per heavy atom. The monoisotopic (exact) mass is 258 g/mol. The maximum absolute atomic E-state index is 14.1. The smallest absolute Gasteiger partial charge is 0.131 e. The lowest BCUT2D eigenvalue weighted by Crippen LogP contribution is -1.85. The maximum atomic E-state index is 14.1. The van der Waals surface area contributed by atoms with Gasteiger partial charge in [-0.2, -0.15) is 0 Å². The second-order valence-corrected chi connectivity index (χ2v) is 4.00. The quantitative estimate of drug-likeness (QED) is 0.766. The molecule has 2 nitrogen and oxygen atoms in total. The van der Waals surface area contributed by atoms with Crippen molar-refractivity contribution in [3.8, 4) is 11.5 Å². The van der Waals surface area contributed by atoms with Gasteiger partial charge in [0.15, 0.2) is 0 Å². The first-order valence-corrected chi connectivity index (χ1v) is 5.88. The lowest BCUT2D eigenvalue weighted by molar-refractivity contribution is 0.414. The summed E-state index contributed by atoms with van der Waals surface area (Å²) in [5.74, 6) is 1.02. The van der Waals surface area contributed by atoms with Gasteiger partial charge in [0.2, 0.25) is 0 Å². The molecule has 19 heavy (non-hydrogen) atoms. The van der Waals surface area contributed by atoms with E-state index in [0.29, 0.717) is 17.1 Å². The normalized spacial score (nSPS) is 11.2. The van der Waals surface area contributed by atoms with E-state index in [1.807, 2.05) is 18.2 Å². The SMILES string of the molecule is COc1cccc(/C=C(\F)c2cccc(OC)c2)c1. The summed E-state index contributed by atoms with van der Waals surface area (Å²) in [5, 5.41) is 0. The van der Waals surface area contributed by atoms with Crippen LogP contribution in [0, 0.1) is 0 Å². The number of rotatable bonds is 4. The molecule has 0 unspecified atom stereocenters. The van der Waals surface area contributed by atoms with Gasteiger partial charge in [-0.3, -0.25) is 0 Å². The summed E-state index contributed by atoms with van der Waals surface area (Å²) in [6, 6.07) is 14.1. The molecule has 0 saturated heterocycles. The van der Waals surface area contributed by atoms with Gasteiger partial charge in [-0.15, -0.1) is 0 Å². The largest absolute Gasteiger partial charge is 0.497 e. The Morgan fingerprint density at radius 3 is 2.26 bits per heavy atom. The van der Waals surface area contributed by atoms with Crippen LogP contribution in [0.3, 0.4) is 0 Å². The second-order valence-electron chi connectivity index (χ2n) is 4.00. The number of hydrogen-bond donors (Lipinski definition) is 0. The van der Waals surface area contributed by atoms with Crippen molar-refractivity contribution in [2.75, 3.05) is 14.2 Å². The minimum absolute atomic E-state index is 0.313. The summed E-state index contributed by atoms with van der Waals surface area (Å²) in [6.07, 6.45) is 1.47. The maximum Gasteiger partial charge on any atom is 0.131 e. The lowest BCUT2D eigenvalue weighted by atomic mass is 10.1. The molecule has 0 spiro atoms. The molecule has 0 aliphatic heterocycles. The average Bonchev–Trinajstić information content (AvgIpc) is 2.47. The third-order valence-electron chi connectivity index (χ3n) is 2.73. The van der Waals surface area contributed by atoms with Crippen molar-refractivity contribution < 1.29 is 13.9 Å². The van der Waals surface area contributed by atoms with Crippen molar-refractivity contribution in [1.29, 1.82) is 0 Å². The fourth-order valence-electron chi connectivity index (χ4n) is 1.73. The standard InChI is InChI=1S/C16H15FO2/c1-18-14-7-3-5-12(9-14)10-16(17)13-6-4-8-15(11-13)19-2/h3-11H,1-2H3/b16-10-. The van der Waals surface area contributed by atoms with Crippen LogP contribution >= 0.6 is 0 Å². The molecule has 2 aromatic rings. The van der Waals surface area contributed by atoms with Crippen LogP contribution in [0.4, 0.5) is 4.39 Å². The van der Waals surface area contributed by atoms with Crippen molar-refractivity contribution in [2.24, 2.45) is 0 Å². The van der Waals surface area contributed by atoms with E-state index in [9.17, 15) is 4.39 Å². The predicted molar refractivity (Wildman–Crippen MR) is 75.0 cm³/mol. The molecule has 0 atom stereocenters. The summed E-state index contributed by atoms with van der Waals surface area (Å²) < 4.78 is 24.3. The molecule has 0 aromatic heterocycles. The molecule has 2 rings (SSSR count). The van der Waals surface area contributed by atoms with Crippen LogP contribution in [-0.2, 0) is 0 Å². The zero-order chi connectivity index (χ0) is 13.7. The van der Waals surface area contributed by atoms with Crippen molar-refractivity contribution >= 4 is 11.9 Å². The Kier molecular flexibility index (Phi) is 4.18. The van der Waals surface area contributed by atoms with Crippen LogP contribution in [0.1, 0.15) is 11.1 Å². The fourth-order valence-corrected chi connectivity index (χ4v) is 1.73. The van der Waals surface area contributed by atoms with E-state index in [0.717, 1.165) is 5.56 Å². The van der Waals surface area contributed by atoms with Crippen LogP contribution in [0.15, 0.2) is 48.5 Å². The van der Waals surface area contributed by atoms with E-state index < -0.39 is 0 Å². The van der Waals surface area contributed by atoms with Gasteiger partial charge in [0, 0.05) is 5.56 Å². The van der Waals surface area contributed by atoms with E-state index in [1.54, 1.807) is 44.6 Å². The molecule has 0 aliphatic carbocycles. The summed E-state index contributed by atoms with van der Waals surface area (Å²) >= 11 is 0. The molecule has 0 amide bonds. The molecule has 3 heteroatoms. The molecule has 0 saturated carbocycles. The molecule has 98 valence electrons. The first-order valence-electron chi connectivity index (χ1n) is 5.88.